The third-order valence-corrected chi connectivity index (χ3v) is 1.85. The molecule has 0 unspecified atom stereocenters. The Labute approximate surface area is 84.5 Å². The van der Waals surface area contributed by atoms with Crippen LogP contribution >= 0.6 is 11.6 Å². The lowest BCUT2D eigenvalue weighted by Gasteiger charge is -2.04. The molecule has 0 aliphatic heterocycles. The summed E-state index contributed by atoms with van der Waals surface area (Å²) in [6, 6.07) is 1.24. The number of carboxylic acids is 1. The minimum absolute atomic E-state index is 0.185. The van der Waals surface area contributed by atoms with E-state index in [1.165, 1.54) is 6.07 Å². The summed E-state index contributed by atoms with van der Waals surface area (Å²) in [6.45, 7) is 1.57. The van der Waals surface area contributed by atoms with Crippen molar-refractivity contribution in [3.63, 3.8) is 0 Å². The van der Waals surface area contributed by atoms with E-state index < -0.39 is 11.9 Å². The molecule has 0 aliphatic rings. The van der Waals surface area contributed by atoms with E-state index in [1.54, 1.807) is 6.92 Å². The zero-order valence-electron chi connectivity index (χ0n) is 7.24. The van der Waals surface area contributed by atoms with E-state index in [0.717, 1.165) is 0 Å². The van der Waals surface area contributed by atoms with Crippen LogP contribution in [0, 0.1) is 6.92 Å². The molecular formula is C8H7ClN2O3. The van der Waals surface area contributed by atoms with Crippen molar-refractivity contribution in [2.24, 2.45) is 5.73 Å². The first kappa shape index (κ1) is 10.5. The molecule has 0 aromatic carbocycles. The molecule has 0 spiro atoms. The molecule has 5 nitrogen and oxygen atoms in total. The Morgan fingerprint density at radius 3 is 2.57 bits per heavy atom. The Morgan fingerprint density at radius 1 is 1.57 bits per heavy atom. The van der Waals surface area contributed by atoms with E-state index in [-0.39, 0.29) is 16.3 Å². The van der Waals surface area contributed by atoms with Gasteiger partial charge in [0.2, 0.25) is 0 Å². The summed E-state index contributed by atoms with van der Waals surface area (Å²) in [4.78, 5) is 25.4. The molecule has 0 bridgehead atoms. The molecule has 0 aliphatic carbocycles. The van der Waals surface area contributed by atoms with Gasteiger partial charge in [0, 0.05) is 5.69 Å². The van der Waals surface area contributed by atoms with Gasteiger partial charge in [0.05, 0.1) is 11.1 Å². The van der Waals surface area contributed by atoms with Gasteiger partial charge in [-0.2, -0.15) is 0 Å². The summed E-state index contributed by atoms with van der Waals surface area (Å²) in [5.74, 6) is -2.16. The van der Waals surface area contributed by atoms with Crippen molar-refractivity contribution >= 4 is 23.5 Å². The number of carboxylic acid groups (broad SMARTS) is 1. The predicted molar refractivity (Wildman–Crippen MR) is 49.5 cm³/mol. The molecule has 1 amide bonds. The maximum Gasteiger partial charge on any atom is 0.336 e. The molecule has 0 saturated heterocycles. The van der Waals surface area contributed by atoms with Crippen molar-refractivity contribution in [1.82, 2.24) is 4.98 Å². The van der Waals surface area contributed by atoms with E-state index in [9.17, 15) is 9.59 Å². The highest BCUT2D eigenvalue weighted by Gasteiger charge is 2.19. The number of aryl methyl sites for hydroxylation is 1. The van der Waals surface area contributed by atoms with Crippen LogP contribution in [0.1, 0.15) is 26.4 Å². The van der Waals surface area contributed by atoms with Gasteiger partial charge in [0.15, 0.2) is 0 Å². The van der Waals surface area contributed by atoms with Crippen LogP contribution in [0.2, 0.25) is 5.15 Å². The van der Waals surface area contributed by atoms with E-state index >= 15 is 0 Å². The topological polar surface area (TPSA) is 93.3 Å². The second kappa shape index (κ2) is 3.63. The summed E-state index contributed by atoms with van der Waals surface area (Å²) in [5, 5.41) is 8.58. The fraction of sp³-hybridized carbons (Fsp3) is 0.125. The first-order valence-corrected chi connectivity index (χ1v) is 4.01. The molecule has 0 saturated carbocycles. The third-order valence-electron chi connectivity index (χ3n) is 1.58. The summed E-state index contributed by atoms with van der Waals surface area (Å²) < 4.78 is 0. The van der Waals surface area contributed by atoms with Crippen molar-refractivity contribution in [3.05, 3.63) is 28.0 Å². The monoisotopic (exact) mass is 214 g/mol. The highest BCUT2D eigenvalue weighted by molar-refractivity contribution is 6.33. The molecule has 1 aromatic heterocycles. The number of primary amides is 1. The molecule has 1 aromatic rings. The van der Waals surface area contributed by atoms with Crippen LogP contribution in [0.4, 0.5) is 0 Å². The highest BCUT2D eigenvalue weighted by Crippen LogP contribution is 2.18. The van der Waals surface area contributed by atoms with Gasteiger partial charge < -0.3 is 10.8 Å². The van der Waals surface area contributed by atoms with Crippen LogP contribution in [0.3, 0.4) is 0 Å². The Morgan fingerprint density at radius 2 is 2.14 bits per heavy atom. The molecule has 74 valence electrons. The average Bonchev–Trinajstić information content (AvgIpc) is 2.01. The number of rotatable bonds is 2. The van der Waals surface area contributed by atoms with Crippen molar-refractivity contribution in [3.8, 4) is 0 Å². The Balaban J connectivity index is 3.52. The number of aromatic nitrogens is 1. The first-order chi connectivity index (χ1) is 6.43. The molecule has 0 fully saturated rings. The van der Waals surface area contributed by atoms with Crippen LogP contribution in [-0.4, -0.2) is 22.0 Å². The SMILES string of the molecule is Cc1cc(C(=O)O)c(C(N)=O)c(Cl)n1. The molecule has 3 N–H and O–H groups in total. The van der Waals surface area contributed by atoms with Crippen LogP contribution in [0.15, 0.2) is 6.07 Å². The summed E-state index contributed by atoms with van der Waals surface area (Å²) >= 11 is 5.60. The summed E-state index contributed by atoms with van der Waals surface area (Å²) in [6.07, 6.45) is 0. The normalized spacial score (nSPS) is 9.86. The van der Waals surface area contributed by atoms with Gasteiger partial charge in [-0.25, -0.2) is 9.78 Å². The zero-order chi connectivity index (χ0) is 10.9. The number of hydrogen-bond acceptors (Lipinski definition) is 3. The number of carbonyl (C=O) groups excluding carboxylic acids is 1. The third kappa shape index (κ3) is 1.82. The maximum atomic E-state index is 10.9. The van der Waals surface area contributed by atoms with Gasteiger partial charge in [0.1, 0.15) is 5.15 Å². The highest BCUT2D eigenvalue weighted by atomic mass is 35.5. The molecule has 1 heterocycles. The van der Waals surface area contributed by atoms with Gasteiger partial charge in [-0.3, -0.25) is 4.79 Å². The van der Waals surface area contributed by atoms with Crippen LogP contribution in [0.25, 0.3) is 0 Å². The van der Waals surface area contributed by atoms with E-state index in [0.29, 0.717) is 5.69 Å². The van der Waals surface area contributed by atoms with Crippen molar-refractivity contribution in [2.45, 2.75) is 6.92 Å². The van der Waals surface area contributed by atoms with Crippen LogP contribution in [-0.2, 0) is 0 Å². The number of hydrogen-bond donors (Lipinski definition) is 2. The smallest absolute Gasteiger partial charge is 0.336 e. The molecule has 14 heavy (non-hydrogen) atoms. The number of pyridine rings is 1. The predicted octanol–water partition coefficient (Wildman–Crippen LogP) is 0.841. The van der Waals surface area contributed by atoms with Gasteiger partial charge >= 0.3 is 5.97 Å². The molecular weight excluding hydrogens is 208 g/mol. The number of nitrogens with zero attached hydrogens (tertiary/aromatic N) is 1. The van der Waals surface area contributed by atoms with Crippen molar-refractivity contribution in [1.29, 1.82) is 0 Å². The summed E-state index contributed by atoms with van der Waals surface area (Å²) in [7, 11) is 0. The Bertz CT molecular complexity index is 417. The van der Waals surface area contributed by atoms with Crippen molar-refractivity contribution < 1.29 is 14.7 Å². The maximum absolute atomic E-state index is 10.9. The van der Waals surface area contributed by atoms with Gasteiger partial charge in [-0.15, -0.1) is 0 Å². The second-order valence-electron chi connectivity index (χ2n) is 2.65. The largest absolute Gasteiger partial charge is 0.478 e. The van der Waals surface area contributed by atoms with Crippen LogP contribution < -0.4 is 5.73 Å². The van der Waals surface area contributed by atoms with Gasteiger partial charge in [-0.1, -0.05) is 11.6 Å². The number of amides is 1. The zero-order valence-corrected chi connectivity index (χ0v) is 8.00. The molecule has 1 rings (SSSR count). The molecule has 6 heteroatoms. The first-order valence-electron chi connectivity index (χ1n) is 3.63. The quantitative estimate of drug-likeness (QED) is 0.714. The lowest BCUT2D eigenvalue weighted by molar-refractivity contribution is 0.0691. The molecule has 0 atom stereocenters. The fourth-order valence-electron chi connectivity index (χ4n) is 1.04. The molecule has 0 radical (unpaired) electrons. The summed E-state index contributed by atoms with van der Waals surface area (Å²) in [5.41, 5.74) is 4.90. The average molecular weight is 215 g/mol. The van der Waals surface area contributed by atoms with Gasteiger partial charge in [-0.05, 0) is 13.0 Å². The van der Waals surface area contributed by atoms with E-state index in [1.807, 2.05) is 0 Å². The lowest BCUT2D eigenvalue weighted by Crippen LogP contribution is -2.18. The Kier molecular flexibility index (Phi) is 2.71. The minimum Gasteiger partial charge on any atom is -0.478 e. The fourth-order valence-corrected chi connectivity index (χ4v) is 1.37. The number of nitrogens with two attached hydrogens (primary N) is 1. The minimum atomic E-state index is -1.26. The number of halogens is 1. The van der Waals surface area contributed by atoms with E-state index in [2.05, 4.69) is 4.98 Å². The van der Waals surface area contributed by atoms with Gasteiger partial charge in [0.25, 0.3) is 5.91 Å². The Hall–Kier alpha value is -1.62. The standard InChI is InChI=1S/C8H7ClN2O3/c1-3-2-4(8(13)14)5(7(10)12)6(9)11-3/h2H,1H3,(H2,10,12)(H,13,14). The van der Waals surface area contributed by atoms with Crippen molar-refractivity contribution in [2.75, 3.05) is 0 Å². The lowest BCUT2D eigenvalue weighted by atomic mass is 10.1. The number of carbonyl (C=O) groups is 2. The second-order valence-corrected chi connectivity index (χ2v) is 3.00. The van der Waals surface area contributed by atoms with E-state index in [4.69, 9.17) is 22.4 Å². The number of aromatic carboxylic acids is 1. The van der Waals surface area contributed by atoms with Crippen LogP contribution in [0.5, 0.6) is 0 Å².